The SMILES string of the molecule is CC(NCCC(=O)NC1CC1)c1cccc([N+](=O)[O-])c1. The van der Waals surface area contributed by atoms with E-state index in [0.717, 1.165) is 18.4 Å². The van der Waals surface area contributed by atoms with E-state index in [4.69, 9.17) is 0 Å². The van der Waals surface area contributed by atoms with Crippen molar-refractivity contribution >= 4 is 11.6 Å². The fraction of sp³-hybridized carbons (Fsp3) is 0.500. The fourth-order valence-corrected chi connectivity index (χ4v) is 1.96. The van der Waals surface area contributed by atoms with Gasteiger partial charge in [0.05, 0.1) is 4.92 Å². The van der Waals surface area contributed by atoms with Gasteiger partial charge < -0.3 is 10.6 Å². The Morgan fingerprint density at radius 1 is 1.50 bits per heavy atom. The molecule has 0 aromatic heterocycles. The van der Waals surface area contributed by atoms with Crippen LogP contribution in [0.1, 0.15) is 37.8 Å². The molecule has 2 N–H and O–H groups in total. The molecule has 1 fully saturated rings. The van der Waals surface area contributed by atoms with Gasteiger partial charge >= 0.3 is 0 Å². The van der Waals surface area contributed by atoms with Crippen molar-refractivity contribution in [1.82, 2.24) is 10.6 Å². The van der Waals surface area contributed by atoms with E-state index in [2.05, 4.69) is 10.6 Å². The molecule has 0 spiro atoms. The first-order valence-corrected chi connectivity index (χ1v) is 6.83. The van der Waals surface area contributed by atoms with Gasteiger partial charge in [0.2, 0.25) is 5.91 Å². The van der Waals surface area contributed by atoms with Crippen molar-refractivity contribution in [2.75, 3.05) is 6.54 Å². The Hall–Kier alpha value is -1.95. The van der Waals surface area contributed by atoms with Crippen LogP contribution in [-0.2, 0) is 4.79 Å². The van der Waals surface area contributed by atoms with Crippen molar-refractivity contribution in [2.45, 2.75) is 38.3 Å². The van der Waals surface area contributed by atoms with Crippen LogP contribution in [0, 0.1) is 10.1 Å². The molecule has 108 valence electrons. The zero-order valence-electron chi connectivity index (χ0n) is 11.5. The highest BCUT2D eigenvalue weighted by Crippen LogP contribution is 2.19. The summed E-state index contributed by atoms with van der Waals surface area (Å²) in [6, 6.07) is 6.90. The van der Waals surface area contributed by atoms with Gasteiger partial charge in [0, 0.05) is 37.2 Å². The number of nitrogens with one attached hydrogen (secondary N) is 2. The summed E-state index contributed by atoms with van der Waals surface area (Å²) in [5.41, 5.74) is 0.935. The van der Waals surface area contributed by atoms with Gasteiger partial charge in [-0.2, -0.15) is 0 Å². The molecule has 1 aromatic carbocycles. The number of carbonyl (C=O) groups excluding carboxylic acids is 1. The van der Waals surface area contributed by atoms with E-state index in [1.807, 2.05) is 13.0 Å². The monoisotopic (exact) mass is 277 g/mol. The molecular formula is C14H19N3O3. The van der Waals surface area contributed by atoms with Gasteiger partial charge in [0.1, 0.15) is 0 Å². The number of carbonyl (C=O) groups is 1. The average molecular weight is 277 g/mol. The first-order chi connectivity index (χ1) is 9.56. The predicted octanol–water partition coefficient (Wildman–Crippen LogP) is 1.91. The summed E-state index contributed by atoms with van der Waals surface area (Å²) >= 11 is 0. The fourth-order valence-electron chi connectivity index (χ4n) is 1.96. The molecule has 0 radical (unpaired) electrons. The van der Waals surface area contributed by atoms with Crippen molar-refractivity contribution in [3.05, 3.63) is 39.9 Å². The lowest BCUT2D eigenvalue weighted by atomic mass is 10.1. The highest BCUT2D eigenvalue weighted by Gasteiger charge is 2.22. The summed E-state index contributed by atoms with van der Waals surface area (Å²) in [5, 5.41) is 16.8. The number of rotatable bonds is 7. The topological polar surface area (TPSA) is 84.3 Å². The number of amides is 1. The lowest BCUT2D eigenvalue weighted by molar-refractivity contribution is -0.384. The second-order valence-electron chi connectivity index (χ2n) is 5.12. The minimum absolute atomic E-state index is 0.0244. The standard InChI is InChI=1S/C14H19N3O3/c1-10(11-3-2-4-13(9-11)17(19)20)15-8-7-14(18)16-12-5-6-12/h2-4,9-10,12,15H,5-8H2,1H3,(H,16,18). The number of nitro groups is 1. The van der Waals surface area contributed by atoms with E-state index in [-0.39, 0.29) is 17.6 Å². The van der Waals surface area contributed by atoms with E-state index < -0.39 is 4.92 Å². The van der Waals surface area contributed by atoms with Crippen LogP contribution in [0.3, 0.4) is 0 Å². The van der Waals surface area contributed by atoms with Crippen LogP contribution in [0.2, 0.25) is 0 Å². The minimum Gasteiger partial charge on any atom is -0.353 e. The van der Waals surface area contributed by atoms with Crippen molar-refractivity contribution < 1.29 is 9.72 Å². The van der Waals surface area contributed by atoms with Crippen LogP contribution >= 0.6 is 0 Å². The zero-order chi connectivity index (χ0) is 14.5. The summed E-state index contributed by atoms with van der Waals surface area (Å²) in [7, 11) is 0. The molecule has 20 heavy (non-hydrogen) atoms. The Balaban J connectivity index is 1.78. The smallest absolute Gasteiger partial charge is 0.269 e. The van der Waals surface area contributed by atoms with Gasteiger partial charge in [0.25, 0.3) is 5.69 Å². The lowest BCUT2D eigenvalue weighted by Gasteiger charge is -2.14. The maximum Gasteiger partial charge on any atom is 0.269 e. The van der Waals surface area contributed by atoms with Gasteiger partial charge in [0.15, 0.2) is 0 Å². The summed E-state index contributed by atoms with van der Waals surface area (Å²) < 4.78 is 0. The highest BCUT2D eigenvalue weighted by molar-refractivity contribution is 5.76. The van der Waals surface area contributed by atoms with Crippen molar-refractivity contribution in [1.29, 1.82) is 0 Å². The van der Waals surface area contributed by atoms with E-state index in [1.165, 1.54) is 6.07 Å². The Bertz CT molecular complexity index is 500. The normalized spacial score (nSPS) is 15.7. The minimum atomic E-state index is -0.403. The summed E-state index contributed by atoms with van der Waals surface area (Å²) in [4.78, 5) is 21.8. The molecule has 1 amide bonds. The van der Waals surface area contributed by atoms with Gasteiger partial charge in [-0.25, -0.2) is 0 Å². The first-order valence-electron chi connectivity index (χ1n) is 6.83. The van der Waals surface area contributed by atoms with E-state index in [0.29, 0.717) is 19.0 Å². The maximum absolute atomic E-state index is 11.5. The molecule has 2 rings (SSSR count). The molecule has 1 aliphatic rings. The molecule has 1 aromatic rings. The number of nitro benzene ring substituents is 1. The molecule has 1 atom stereocenters. The molecular weight excluding hydrogens is 258 g/mol. The third kappa shape index (κ3) is 4.31. The van der Waals surface area contributed by atoms with Crippen LogP contribution in [0.15, 0.2) is 24.3 Å². The Labute approximate surface area is 117 Å². The molecule has 6 heteroatoms. The number of hydrogen-bond acceptors (Lipinski definition) is 4. The third-order valence-corrected chi connectivity index (χ3v) is 3.33. The number of non-ortho nitro benzene ring substituents is 1. The molecule has 0 bridgehead atoms. The van der Waals surface area contributed by atoms with Crippen LogP contribution in [0.4, 0.5) is 5.69 Å². The van der Waals surface area contributed by atoms with E-state index in [1.54, 1.807) is 12.1 Å². The number of hydrogen-bond donors (Lipinski definition) is 2. The number of nitrogens with zero attached hydrogens (tertiary/aromatic N) is 1. The second-order valence-corrected chi connectivity index (χ2v) is 5.12. The maximum atomic E-state index is 11.5. The lowest BCUT2D eigenvalue weighted by Crippen LogP contribution is -2.30. The predicted molar refractivity (Wildman–Crippen MR) is 75.3 cm³/mol. The Kier molecular flexibility index (Phi) is 4.68. The van der Waals surface area contributed by atoms with Crippen LogP contribution in [0.5, 0.6) is 0 Å². The van der Waals surface area contributed by atoms with Crippen LogP contribution < -0.4 is 10.6 Å². The first kappa shape index (κ1) is 14.5. The van der Waals surface area contributed by atoms with Crippen molar-refractivity contribution in [3.8, 4) is 0 Å². The molecule has 6 nitrogen and oxygen atoms in total. The molecule has 1 aliphatic carbocycles. The Morgan fingerprint density at radius 2 is 2.25 bits per heavy atom. The average Bonchev–Trinajstić information content (AvgIpc) is 3.22. The van der Waals surface area contributed by atoms with Gasteiger partial charge in [-0.15, -0.1) is 0 Å². The summed E-state index contributed by atoms with van der Waals surface area (Å²) in [6.45, 7) is 2.49. The van der Waals surface area contributed by atoms with Gasteiger partial charge in [-0.3, -0.25) is 14.9 Å². The molecule has 1 unspecified atom stereocenters. The zero-order valence-corrected chi connectivity index (χ0v) is 11.5. The van der Waals surface area contributed by atoms with E-state index >= 15 is 0 Å². The van der Waals surface area contributed by atoms with Crippen molar-refractivity contribution in [3.63, 3.8) is 0 Å². The van der Waals surface area contributed by atoms with Crippen molar-refractivity contribution in [2.24, 2.45) is 0 Å². The highest BCUT2D eigenvalue weighted by atomic mass is 16.6. The van der Waals surface area contributed by atoms with Crippen LogP contribution in [0.25, 0.3) is 0 Å². The quantitative estimate of drug-likeness (QED) is 0.589. The largest absolute Gasteiger partial charge is 0.353 e. The number of benzene rings is 1. The summed E-state index contributed by atoms with van der Waals surface area (Å²) in [6.07, 6.45) is 2.60. The second kappa shape index (κ2) is 6.47. The van der Waals surface area contributed by atoms with Gasteiger partial charge in [-0.1, -0.05) is 12.1 Å². The summed E-state index contributed by atoms with van der Waals surface area (Å²) in [5.74, 6) is 0.0613. The third-order valence-electron chi connectivity index (χ3n) is 3.33. The Morgan fingerprint density at radius 3 is 2.90 bits per heavy atom. The van der Waals surface area contributed by atoms with E-state index in [9.17, 15) is 14.9 Å². The molecule has 0 aliphatic heterocycles. The molecule has 0 saturated heterocycles. The molecule has 1 saturated carbocycles. The van der Waals surface area contributed by atoms with Crippen LogP contribution in [-0.4, -0.2) is 23.4 Å². The molecule has 0 heterocycles. The van der Waals surface area contributed by atoms with Gasteiger partial charge in [-0.05, 0) is 25.3 Å².